The van der Waals surface area contributed by atoms with E-state index in [9.17, 15) is 52.7 Å². The quantitative estimate of drug-likeness (QED) is 0.0662. The number of rotatable bonds is 34. The van der Waals surface area contributed by atoms with E-state index in [-0.39, 0.29) is 19.0 Å². The van der Waals surface area contributed by atoms with Gasteiger partial charge >= 0.3 is 59.7 Å². The van der Waals surface area contributed by atoms with E-state index in [0.717, 1.165) is 90.6 Å². The van der Waals surface area contributed by atoms with Crippen molar-refractivity contribution in [1.29, 1.82) is 0 Å². The van der Waals surface area contributed by atoms with E-state index < -0.39 is 220 Å². The van der Waals surface area contributed by atoms with Crippen molar-refractivity contribution in [2.75, 3.05) is 54.9 Å². The van der Waals surface area contributed by atoms with E-state index in [4.69, 9.17) is 94.7 Å². The van der Waals surface area contributed by atoms with Gasteiger partial charge in [0.25, 0.3) is 11.6 Å². The maximum Gasteiger partial charge on any atom is 0.366 e. The van der Waals surface area contributed by atoms with Crippen molar-refractivity contribution in [3.63, 3.8) is 0 Å². The number of methoxy groups -OCH3 is 4. The Morgan fingerprint density at radius 3 is 1.52 bits per heavy atom. The molecule has 3 fully saturated rings. The second-order valence-electron chi connectivity index (χ2n) is 24.1. The molecule has 105 heavy (non-hydrogen) atoms. The van der Waals surface area contributed by atoms with Crippen LogP contribution < -0.4 is 14.8 Å². The molecule has 0 saturated carbocycles. The number of esters is 10. The molecule has 35 nitrogen and oxygen atoms in total. The van der Waals surface area contributed by atoms with Gasteiger partial charge in [0.1, 0.15) is 80.1 Å². The number of hydrogen-bond acceptors (Lipinski definition) is 33. The monoisotopic (exact) mass is 1480 g/mol. The molecule has 0 aromatic heterocycles. The Bertz CT molecular complexity index is 3490. The lowest BCUT2D eigenvalue weighted by Crippen LogP contribution is -2.72. The van der Waals surface area contributed by atoms with Gasteiger partial charge in [0.05, 0.1) is 60.0 Å². The highest BCUT2D eigenvalue weighted by molar-refractivity contribution is 5.94. The molecule has 3 amide bonds. The molecule has 3 aromatic carbocycles. The summed E-state index contributed by atoms with van der Waals surface area (Å²) in [4.78, 5) is 178. The molecular weight excluding hydrogens is 1400 g/mol. The fourth-order valence-corrected chi connectivity index (χ4v) is 12.0. The average molecular weight is 1490 g/mol. The molecule has 3 aromatic rings. The predicted molar refractivity (Wildman–Crippen MR) is 349 cm³/mol. The zero-order valence-corrected chi connectivity index (χ0v) is 60.3. The Labute approximate surface area is 603 Å². The van der Waals surface area contributed by atoms with Crippen LogP contribution in [0.3, 0.4) is 0 Å². The highest BCUT2D eigenvalue weighted by Gasteiger charge is 2.65. The van der Waals surface area contributed by atoms with Crippen LogP contribution >= 0.6 is 0 Å². The first kappa shape index (κ1) is 84.2. The minimum absolute atomic E-state index is 0.0394. The van der Waals surface area contributed by atoms with E-state index in [1.165, 1.54) is 19.2 Å². The molecule has 1 N–H and O–H groups in total. The Kier molecular flexibility index (Phi) is 31.6. The summed E-state index contributed by atoms with van der Waals surface area (Å²) in [5.74, 6) is -20.5. The number of benzene rings is 3. The van der Waals surface area contributed by atoms with Gasteiger partial charge < -0.3 is 100 Å². The Balaban J connectivity index is 1.59. The van der Waals surface area contributed by atoms with Gasteiger partial charge in [-0.25, -0.2) is 9.59 Å². The maximum atomic E-state index is 15.4. The second-order valence-corrected chi connectivity index (χ2v) is 24.1. The summed E-state index contributed by atoms with van der Waals surface area (Å²) in [6.45, 7) is 5.61. The van der Waals surface area contributed by atoms with Crippen LogP contribution in [0.25, 0.3) is 0 Å². The number of carbonyl (C=O) groups excluding carboxylic acids is 13. The van der Waals surface area contributed by atoms with E-state index in [1.807, 2.05) is 0 Å². The standard InChI is InChI=1S/C70H88N2O33/c1-37(73)72(38(2)74)58-52(96-42(6)78)30-69(67(84)88-13,104-63(58)59(98-44(8)80)53(87-12)34-91-39(3)75)94-36-56(83)71-57-51(95-41(5)77)29-70(68(85)89-14,103-62(57)60(99-45(9)81)55(97-43(7)79)35-92-40(4)76)105-64-61(100-46(10)82)54(33-90-31-47-21-17-15-18-22-47)102-66(101-50-27-25-49(86-11)26-28-50)65(64)93-32-48-23-19-16-20-24-48/h15-28,51-55,57-66H,29-36H2,1-14H3,(H,71,83)/t51-,52-,53+,54+,55+,57+,58+,59+,60+,61-,62+,63+,64-,65+,66+,69+,70-/m0/s1. The number of ether oxygens (including phenoxy) is 20. The number of carbonyl (C=O) groups is 13. The van der Waals surface area contributed by atoms with Gasteiger partial charge in [0.15, 0.2) is 30.5 Å². The molecule has 6 rings (SSSR count). The van der Waals surface area contributed by atoms with Gasteiger partial charge in [-0.2, -0.15) is 0 Å². The van der Waals surface area contributed by atoms with Gasteiger partial charge in [0.2, 0.25) is 24.0 Å². The third kappa shape index (κ3) is 23.6. The van der Waals surface area contributed by atoms with Crippen molar-refractivity contribution in [2.24, 2.45) is 0 Å². The summed E-state index contributed by atoms with van der Waals surface area (Å²) in [7, 11) is 4.25. The largest absolute Gasteiger partial charge is 0.497 e. The molecule has 35 heteroatoms. The van der Waals surface area contributed by atoms with Crippen LogP contribution in [0.2, 0.25) is 0 Å². The van der Waals surface area contributed by atoms with Crippen LogP contribution in [0.15, 0.2) is 84.9 Å². The molecule has 0 radical (unpaired) electrons. The normalized spacial score (nSPS) is 25.2. The topological polar surface area (TPSA) is 422 Å². The lowest BCUT2D eigenvalue weighted by Gasteiger charge is -2.52. The summed E-state index contributed by atoms with van der Waals surface area (Å²) in [6.07, 6.45) is -26.8. The van der Waals surface area contributed by atoms with E-state index >= 15 is 9.59 Å². The minimum Gasteiger partial charge on any atom is -0.497 e. The Morgan fingerprint density at radius 2 is 1.02 bits per heavy atom. The third-order valence-corrected chi connectivity index (χ3v) is 16.1. The number of imide groups is 1. The van der Waals surface area contributed by atoms with Crippen molar-refractivity contribution in [2.45, 2.75) is 198 Å². The van der Waals surface area contributed by atoms with Crippen molar-refractivity contribution >= 4 is 77.4 Å². The highest BCUT2D eigenvalue weighted by atomic mass is 16.8. The SMILES string of the molecule is COC(=O)[C@@]1(O[C@H]2[C@@H](OC(C)=O)[C@@H](COCc3ccccc3)O[C@@H](Oc3ccc(OC)cc3)[C@@H]2OCc2ccccc2)C[C@H](OC(C)=O)[C@@H](NC(=O)CO[C@]2(C(=O)OC)C[C@H](OC(C)=O)[C@@H](N(C(C)=O)C(C)=O)[C@H]([C@H](OC(C)=O)[C@@H](COC(C)=O)OC)O2)[C@H]([C@H](OC(C)=O)[C@@H](COC(C)=O)OC(C)=O)O1. The maximum absolute atomic E-state index is 15.4. The number of amides is 3. The summed E-state index contributed by atoms with van der Waals surface area (Å²) < 4.78 is 120. The summed E-state index contributed by atoms with van der Waals surface area (Å²) in [5, 5.41) is 2.55. The van der Waals surface area contributed by atoms with Gasteiger partial charge in [-0.05, 0) is 35.4 Å². The fraction of sp³-hybridized carbons (Fsp3) is 0.557. The molecule has 576 valence electrons. The van der Waals surface area contributed by atoms with Gasteiger partial charge in [-0.1, -0.05) is 60.7 Å². The van der Waals surface area contributed by atoms with Crippen LogP contribution in [0.1, 0.15) is 93.2 Å². The van der Waals surface area contributed by atoms with Crippen LogP contribution in [0.5, 0.6) is 11.5 Å². The van der Waals surface area contributed by atoms with E-state index in [1.54, 1.807) is 72.8 Å². The lowest BCUT2D eigenvalue weighted by molar-refractivity contribution is -0.369. The Hall–Kier alpha value is -9.75. The molecule has 17 atom stereocenters. The minimum atomic E-state index is -3.14. The van der Waals surface area contributed by atoms with Crippen LogP contribution in [-0.4, -0.2) is 240 Å². The summed E-state index contributed by atoms with van der Waals surface area (Å²) >= 11 is 0. The van der Waals surface area contributed by atoms with Gasteiger partial charge in [0, 0.05) is 76.3 Å². The first-order valence-corrected chi connectivity index (χ1v) is 32.8. The zero-order valence-electron chi connectivity index (χ0n) is 60.3. The molecule has 3 saturated heterocycles. The number of nitrogens with zero attached hydrogens (tertiary/aromatic N) is 1. The molecule has 0 aliphatic carbocycles. The molecule has 3 aliphatic heterocycles. The van der Waals surface area contributed by atoms with Crippen LogP contribution in [0.4, 0.5) is 0 Å². The Morgan fingerprint density at radius 1 is 0.524 bits per heavy atom. The third-order valence-electron chi connectivity index (χ3n) is 16.1. The molecule has 0 bridgehead atoms. The van der Waals surface area contributed by atoms with Gasteiger partial charge in [-0.15, -0.1) is 0 Å². The van der Waals surface area contributed by atoms with Crippen LogP contribution in [-0.2, 0) is 161 Å². The first-order valence-electron chi connectivity index (χ1n) is 32.8. The molecule has 0 spiro atoms. The molecule has 0 unspecified atom stereocenters. The van der Waals surface area contributed by atoms with Crippen LogP contribution in [0, 0.1) is 0 Å². The summed E-state index contributed by atoms with van der Waals surface area (Å²) in [5.41, 5.74) is 1.25. The summed E-state index contributed by atoms with van der Waals surface area (Å²) in [6, 6.07) is 19.7. The van der Waals surface area contributed by atoms with Crippen molar-refractivity contribution in [3.8, 4) is 11.5 Å². The van der Waals surface area contributed by atoms with Crippen molar-refractivity contribution < 1.29 is 157 Å². The zero-order chi connectivity index (χ0) is 77.5. The van der Waals surface area contributed by atoms with Crippen molar-refractivity contribution in [3.05, 3.63) is 96.1 Å². The fourth-order valence-electron chi connectivity index (χ4n) is 12.0. The molecular formula is C70H88N2O33. The average Bonchev–Trinajstić information content (AvgIpc) is 0.748. The van der Waals surface area contributed by atoms with Gasteiger partial charge in [-0.3, -0.25) is 57.6 Å². The smallest absolute Gasteiger partial charge is 0.366 e. The van der Waals surface area contributed by atoms with E-state index in [0.29, 0.717) is 21.8 Å². The number of nitrogens with one attached hydrogen (secondary N) is 1. The molecule has 3 aliphatic rings. The highest BCUT2D eigenvalue weighted by Crippen LogP contribution is 2.43. The van der Waals surface area contributed by atoms with Crippen molar-refractivity contribution in [1.82, 2.24) is 10.2 Å². The number of hydrogen-bond donors (Lipinski definition) is 1. The first-order chi connectivity index (χ1) is 49.8. The molecule has 3 heterocycles. The lowest BCUT2D eigenvalue weighted by atomic mass is 9.86. The predicted octanol–water partition coefficient (Wildman–Crippen LogP) is 2.30. The van der Waals surface area contributed by atoms with E-state index in [2.05, 4.69) is 5.32 Å². The second kappa shape index (κ2) is 39.4.